The molecule has 0 atom stereocenters. The average Bonchev–Trinajstić information content (AvgIpc) is 2.87. The van der Waals surface area contributed by atoms with Crippen LogP contribution in [0, 0.1) is 6.42 Å². The fourth-order valence-corrected chi connectivity index (χ4v) is 2.34. The maximum atomic E-state index is 2.41. The Morgan fingerprint density at radius 1 is 0.889 bits per heavy atom. The topological polar surface area (TPSA) is 0 Å². The van der Waals surface area contributed by atoms with Crippen molar-refractivity contribution in [3.05, 3.63) is 53.0 Å². The standard InChI is InChI=1S/C15H19.2ClH.V/c1-3-12-7-5-9-14(12)11-15-10-6-8-13(15)4-2;;;/h5-8,11H,3-4,9-10H2,1-2H3;2*1H;/q-1;;;+2/p-2. The zero-order valence-corrected chi connectivity index (χ0v) is 13.8. The van der Waals surface area contributed by atoms with Crippen molar-refractivity contribution in [2.45, 2.75) is 39.5 Å². The first kappa shape index (κ1) is 20.3. The molecular weight excluding hydrogens is 302 g/mol. The molecule has 0 aromatic heterocycles. The molecule has 0 aromatic rings. The van der Waals surface area contributed by atoms with Crippen LogP contribution in [-0.4, -0.2) is 0 Å². The van der Waals surface area contributed by atoms with Crippen molar-refractivity contribution in [3.63, 3.8) is 0 Å². The van der Waals surface area contributed by atoms with Crippen molar-refractivity contribution in [1.82, 2.24) is 0 Å². The minimum Gasteiger partial charge on any atom is -1.00 e. The van der Waals surface area contributed by atoms with Gasteiger partial charge in [-0.25, -0.2) is 0 Å². The third-order valence-electron chi connectivity index (χ3n) is 3.25. The number of hydrogen-bond donors (Lipinski definition) is 0. The third kappa shape index (κ3) is 4.59. The molecule has 3 heteroatoms. The van der Waals surface area contributed by atoms with Gasteiger partial charge in [-0.2, -0.15) is 6.42 Å². The summed E-state index contributed by atoms with van der Waals surface area (Å²) in [4.78, 5) is 0. The molecule has 0 nitrogen and oxygen atoms in total. The van der Waals surface area contributed by atoms with Gasteiger partial charge in [-0.05, 0) is 12.8 Å². The Labute approximate surface area is 135 Å². The van der Waals surface area contributed by atoms with E-state index in [4.69, 9.17) is 0 Å². The average molecular weight is 321 g/mol. The fraction of sp³-hybridized carbons (Fsp3) is 0.400. The van der Waals surface area contributed by atoms with Crippen LogP contribution in [0.2, 0.25) is 0 Å². The van der Waals surface area contributed by atoms with Crippen LogP contribution in [0.25, 0.3) is 0 Å². The summed E-state index contributed by atoms with van der Waals surface area (Å²) >= 11 is 0. The second-order valence-corrected chi connectivity index (χ2v) is 4.17. The van der Waals surface area contributed by atoms with Crippen LogP contribution in [0.15, 0.2) is 46.6 Å². The van der Waals surface area contributed by atoms with Crippen LogP contribution in [0.3, 0.4) is 0 Å². The molecule has 0 saturated carbocycles. The molecule has 0 aliphatic heterocycles. The van der Waals surface area contributed by atoms with Crippen LogP contribution in [-0.2, 0) is 18.6 Å². The van der Waals surface area contributed by atoms with Crippen molar-refractivity contribution in [2.75, 3.05) is 0 Å². The van der Waals surface area contributed by atoms with E-state index in [2.05, 4.69) is 44.6 Å². The summed E-state index contributed by atoms with van der Waals surface area (Å²) in [6.45, 7) is 4.47. The molecule has 0 fully saturated rings. The molecule has 18 heavy (non-hydrogen) atoms. The summed E-state index contributed by atoms with van der Waals surface area (Å²) in [5.41, 5.74) is 6.10. The minimum atomic E-state index is 0. The third-order valence-corrected chi connectivity index (χ3v) is 3.25. The van der Waals surface area contributed by atoms with Gasteiger partial charge in [-0.3, -0.25) is 0 Å². The molecule has 0 saturated heterocycles. The molecule has 0 heterocycles. The number of hydrogen-bond acceptors (Lipinski definition) is 0. The van der Waals surface area contributed by atoms with E-state index < -0.39 is 0 Å². The van der Waals surface area contributed by atoms with Crippen molar-refractivity contribution in [2.24, 2.45) is 0 Å². The summed E-state index contributed by atoms with van der Waals surface area (Å²) in [7, 11) is 0. The van der Waals surface area contributed by atoms with E-state index >= 15 is 0 Å². The van der Waals surface area contributed by atoms with Crippen LogP contribution in [0.1, 0.15) is 39.5 Å². The molecule has 0 spiro atoms. The monoisotopic (exact) mass is 320 g/mol. The first-order valence-corrected chi connectivity index (χ1v) is 5.97. The zero-order valence-electron chi connectivity index (χ0n) is 10.9. The summed E-state index contributed by atoms with van der Waals surface area (Å²) in [5.74, 6) is 0. The Kier molecular flexibility index (Phi) is 11.1. The molecule has 1 radical (unpaired) electrons. The second kappa shape index (κ2) is 9.86. The van der Waals surface area contributed by atoms with Gasteiger partial charge in [-0.15, -0.1) is 34.4 Å². The van der Waals surface area contributed by atoms with Crippen molar-refractivity contribution in [1.29, 1.82) is 0 Å². The predicted molar refractivity (Wildman–Crippen MR) is 66.4 cm³/mol. The van der Waals surface area contributed by atoms with Gasteiger partial charge in [0.05, 0.1) is 0 Å². The van der Waals surface area contributed by atoms with Gasteiger partial charge in [0, 0.05) is 0 Å². The molecule has 0 N–H and O–H groups in total. The van der Waals surface area contributed by atoms with E-state index in [1.54, 1.807) is 0 Å². The van der Waals surface area contributed by atoms with Gasteiger partial charge in [0.2, 0.25) is 0 Å². The van der Waals surface area contributed by atoms with Gasteiger partial charge >= 0.3 is 18.6 Å². The van der Waals surface area contributed by atoms with Crippen molar-refractivity contribution < 1.29 is 43.4 Å². The fourth-order valence-electron chi connectivity index (χ4n) is 2.34. The van der Waals surface area contributed by atoms with Crippen LogP contribution in [0.4, 0.5) is 0 Å². The molecule has 2 aliphatic carbocycles. The molecule has 0 bridgehead atoms. The Bertz CT molecular complexity index is 340. The quantitative estimate of drug-likeness (QED) is 0.555. The maximum Gasteiger partial charge on any atom is 2.00 e. The zero-order chi connectivity index (χ0) is 10.7. The van der Waals surface area contributed by atoms with Crippen molar-refractivity contribution in [3.8, 4) is 0 Å². The van der Waals surface area contributed by atoms with E-state index in [1.807, 2.05) is 0 Å². The molecule has 2 aliphatic rings. The summed E-state index contributed by atoms with van der Waals surface area (Å²) in [6.07, 6.45) is 16.1. The number of allylic oxidation sites excluding steroid dienone is 8. The Balaban J connectivity index is 0. The van der Waals surface area contributed by atoms with Gasteiger partial charge in [-0.1, -0.05) is 38.8 Å². The first-order chi connectivity index (χ1) is 7.35. The summed E-state index contributed by atoms with van der Waals surface area (Å²) in [5, 5.41) is 0. The Morgan fingerprint density at radius 3 is 1.61 bits per heavy atom. The van der Waals surface area contributed by atoms with Gasteiger partial charge in [0.1, 0.15) is 0 Å². The first-order valence-electron chi connectivity index (χ1n) is 5.97. The molecule has 0 amide bonds. The van der Waals surface area contributed by atoms with E-state index in [0.717, 1.165) is 25.7 Å². The minimum absolute atomic E-state index is 0. The SMILES string of the molecule is CCC1=C([CH-]C2=C(CC)C=CC2)CC=C1.[Cl-].[Cl-].[V+2]. The molecule has 0 aromatic carbocycles. The number of halogens is 2. The summed E-state index contributed by atoms with van der Waals surface area (Å²) < 4.78 is 0. The predicted octanol–water partition coefficient (Wildman–Crippen LogP) is -1.47. The second-order valence-electron chi connectivity index (χ2n) is 4.17. The maximum absolute atomic E-state index is 2.41. The summed E-state index contributed by atoms with van der Waals surface area (Å²) in [6, 6.07) is 0. The van der Waals surface area contributed by atoms with Gasteiger partial charge in [0.25, 0.3) is 0 Å². The molecule has 2 rings (SSSR count). The van der Waals surface area contributed by atoms with Gasteiger partial charge < -0.3 is 24.8 Å². The Hall–Kier alpha value is -0.00558. The smallest absolute Gasteiger partial charge is 1.00 e. The normalized spacial score (nSPS) is 16.3. The molecule has 99 valence electrons. The van der Waals surface area contributed by atoms with E-state index in [0.29, 0.717) is 0 Å². The van der Waals surface area contributed by atoms with Crippen LogP contribution >= 0.6 is 0 Å². The Morgan fingerprint density at radius 2 is 1.28 bits per heavy atom. The van der Waals surface area contributed by atoms with E-state index in [9.17, 15) is 0 Å². The van der Waals surface area contributed by atoms with E-state index in [-0.39, 0.29) is 43.4 Å². The van der Waals surface area contributed by atoms with E-state index in [1.165, 1.54) is 22.3 Å². The van der Waals surface area contributed by atoms with Crippen LogP contribution in [0.5, 0.6) is 0 Å². The number of rotatable bonds is 4. The van der Waals surface area contributed by atoms with Gasteiger partial charge in [0.15, 0.2) is 0 Å². The largest absolute Gasteiger partial charge is 2.00 e. The molecular formula is C15H19Cl2V-. The molecule has 0 unspecified atom stereocenters. The van der Waals surface area contributed by atoms with Crippen LogP contribution < -0.4 is 24.8 Å². The van der Waals surface area contributed by atoms with Crippen molar-refractivity contribution >= 4 is 0 Å².